The number of ether oxygens (including phenoxy) is 1. The average molecular weight is 280 g/mol. The second-order valence-electron chi connectivity index (χ2n) is 5.72. The molecule has 0 aliphatic carbocycles. The maximum absolute atomic E-state index is 10.3. The number of benzene rings is 1. The Morgan fingerprint density at radius 1 is 1.35 bits per heavy atom. The molecule has 2 unspecified atom stereocenters. The fourth-order valence-electron chi connectivity index (χ4n) is 2.03. The van der Waals surface area contributed by atoms with Crippen molar-refractivity contribution in [1.29, 1.82) is 0 Å². The highest BCUT2D eigenvalue weighted by Crippen LogP contribution is 2.25. The van der Waals surface area contributed by atoms with Crippen LogP contribution in [0.1, 0.15) is 37.5 Å². The van der Waals surface area contributed by atoms with Crippen molar-refractivity contribution >= 4 is 0 Å². The first-order chi connectivity index (χ1) is 9.45. The minimum absolute atomic E-state index is 0.261. The molecular formula is C16H28N2O2. The topological polar surface area (TPSA) is 67.5 Å². The minimum atomic E-state index is -0.637. The van der Waals surface area contributed by atoms with Gasteiger partial charge in [-0.2, -0.15) is 0 Å². The van der Waals surface area contributed by atoms with E-state index in [0.29, 0.717) is 12.5 Å². The van der Waals surface area contributed by atoms with Crippen LogP contribution in [0.4, 0.5) is 0 Å². The summed E-state index contributed by atoms with van der Waals surface area (Å²) in [6.07, 6.45) is 0.102. The van der Waals surface area contributed by atoms with Gasteiger partial charge in [0.05, 0.1) is 12.7 Å². The van der Waals surface area contributed by atoms with Crippen LogP contribution in [0.25, 0.3) is 0 Å². The fourth-order valence-corrected chi connectivity index (χ4v) is 2.03. The standard InChI is InChI=1S/C16H28N2O2/c1-11(2)10-20-13-5-6-14(12(3)9-13)16(19)15(17)7-8-18-4/h5-6,9,11,15-16,18-19H,7-8,10,17H2,1-4H3. The molecule has 4 N–H and O–H groups in total. The van der Waals surface area contributed by atoms with Gasteiger partial charge in [0.1, 0.15) is 5.75 Å². The molecule has 0 aliphatic rings. The first-order valence-electron chi connectivity index (χ1n) is 7.27. The van der Waals surface area contributed by atoms with Gasteiger partial charge in [-0.25, -0.2) is 0 Å². The van der Waals surface area contributed by atoms with Crippen LogP contribution >= 0.6 is 0 Å². The van der Waals surface area contributed by atoms with Crippen LogP contribution in [0.5, 0.6) is 5.75 Å². The number of aliphatic hydroxyl groups is 1. The third kappa shape index (κ3) is 5.12. The van der Waals surface area contributed by atoms with E-state index in [-0.39, 0.29) is 6.04 Å². The molecular weight excluding hydrogens is 252 g/mol. The van der Waals surface area contributed by atoms with E-state index in [0.717, 1.165) is 29.8 Å². The second-order valence-corrected chi connectivity index (χ2v) is 5.72. The monoisotopic (exact) mass is 280 g/mol. The van der Waals surface area contributed by atoms with Gasteiger partial charge in [-0.1, -0.05) is 19.9 Å². The van der Waals surface area contributed by atoms with Gasteiger partial charge in [-0.05, 0) is 56.1 Å². The summed E-state index contributed by atoms with van der Waals surface area (Å²) in [5, 5.41) is 13.4. The lowest BCUT2D eigenvalue weighted by atomic mass is 9.96. The molecule has 2 atom stereocenters. The smallest absolute Gasteiger partial charge is 0.119 e. The molecule has 0 fully saturated rings. The molecule has 0 aromatic heterocycles. The zero-order valence-electron chi connectivity index (χ0n) is 13.0. The molecule has 0 aliphatic heterocycles. The Kier molecular flexibility index (Phi) is 6.99. The molecule has 1 rings (SSSR count). The molecule has 0 bridgehead atoms. The van der Waals surface area contributed by atoms with Crippen molar-refractivity contribution in [3.05, 3.63) is 29.3 Å². The fraction of sp³-hybridized carbons (Fsp3) is 0.625. The first kappa shape index (κ1) is 17.0. The number of aryl methyl sites for hydroxylation is 1. The Labute approximate surface area is 122 Å². The molecule has 0 heterocycles. The highest BCUT2D eigenvalue weighted by molar-refractivity contribution is 5.36. The van der Waals surface area contributed by atoms with Gasteiger partial charge in [0, 0.05) is 6.04 Å². The van der Waals surface area contributed by atoms with E-state index in [1.165, 1.54) is 0 Å². The summed E-state index contributed by atoms with van der Waals surface area (Å²) in [5.41, 5.74) is 7.91. The number of nitrogens with two attached hydrogens (primary N) is 1. The van der Waals surface area contributed by atoms with Crippen LogP contribution in [0.3, 0.4) is 0 Å². The predicted octanol–water partition coefficient (Wildman–Crippen LogP) is 2.00. The zero-order chi connectivity index (χ0) is 15.1. The van der Waals surface area contributed by atoms with Gasteiger partial charge in [0.25, 0.3) is 0 Å². The van der Waals surface area contributed by atoms with Crippen LogP contribution in [-0.2, 0) is 0 Å². The van der Waals surface area contributed by atoms with E-state index in [1.807, 2.05) is 32.2 Å². The van der Waals surface area contributed by atoms with Crippen molar-refractivity contribution in [2.45, 2.75) is 39.3 Å². The van der Waals surface area contributed by atoms with Crippen LogP contribution < -0.4 is 15.8 Å². The molecule has 0 saturated heterocycles. The van der Waals surface area contributed by atoms with Crippen molar-refractivity contribution in [3.63, 3.8) is 0 Å². The third-order valence-corrected chi connectivity index (χ3v) is 3.28. The molecule has 20 heavy (non-hydrogen) atoms. The lowest BCUT2D eigenvalue weighted by molar-refractivity contribution is 0.141. The second kappa shape index (κ2) is 8.25. The summed E-state index contributed by atoms with van der Waals surface area (Å²) in [5.74, 6) is 1.34. The summed E-state index contributed by atoms with van der Waals surface area (Å²) in [7, 11) is 1.88. The predicted molar refractivity (Wildman–Crippen MR) is 83.0 cm³/mol. The van der Waals surface area contributed by atoms with E-state index < -0.39 is 6.10 Å². The van der Waals surface area contributed by atoms with Gasteiger partial charge in [0.15, 0.2) is 0 Å². The highest BCUT2D eigenvalue weighted by atomic mass is 16.5. The Balaban J connectivity index is 2.71. The van der Waals surface area contributed by atoms with Crippen LogP contribution in [-0.4, -0.2) is 31.3 Å². The molecule has 0 radical (unpaired) electrons. The van der Waals surface area contributed by atoms with Gasteiger partial charge in [-0.3, -0.25) is 0 Å². The van der Waals surface area contributed by atoms with Crippen LogP contribution in [0.2, 0.25) is 0 Å². The maximum Gasteiger partial charge on any atom is 0.119 e. The first-order valence-corrected chi connectivity index (χ1v) is 7.27. The quantitative estimate of drug-likeness (QED) is 0.681. The van der Waals surface area contributed by atoms with E-state index in [1.54, 1.807) is 0 Å². The Bertz CT molecular complexity index is 407. The lowest BCUT2D eigenvalue weighted by Crippen LogP contribution is -2.31. The SMILES string of the molecule is CNCCC(N)C(O)c1ccc(OCC(C)C)cc1C. The molecule has 0 saturated carbocycles. The van der Waals surface area contributed by atoms with Gasteiger partial charge in [0.2, 0.25) is 0 Å². The van der Waals surface area contributed by atoms with Crippen molar-refractivity contribution in [2.24, 2.45) is 11.7 Å². The molecule has 1 aromatic carbocycles. The normalized spacial score (nSPS) is 14.3. The van der Waals surface area contributed by atoms with Crippen LogP contribution in [0.15, 0.2) is 18.2 Å². The van der Waals surface area contributed by atoms with Crippen molar-refractivity contribution in [1.82, 2.24) is 5.32 Å². The Hall–Kier alpha value is -1.10. The van der Waals surface area contributed by atoms with E-state index >= 15 is 0 Å². The molecule has 0 amide bonds. The summed E-state index contributed by atoms with van der Waals surface area (Å²) in [6, 6.07) is 5.52. The van der Waals surface area contributed by atoms with Crippen molar-refractivity contribution < 1.29 is 9.84 Å². The van der Waals surface area contributed by atoms with E-state index in [4.69, 9.17) is 10.5 Å². The highest BCUT2D eigenvalue weighted by Gasteiger charge is 2.18. The van der Waals surface area contributed by atoms with E-state index in [2.05, 4.69) is 19.2 Å². The molecule has 4 heteroatoms. The summed E-state index contributed by atoms with van der Waals surface area (Å²) in [6.45, 7) is 7.71. The van der Waals surface area contributed by atoms with Gasteiger partial charge in [-0.15, -0.1) is 0 Å². The van der Waals surface area contributed by atoms with Crippen molar-refractivity contribution in [3.8, 4) is 5.75 Å². The van der Waals surface area contributed by atoms with Crippen LogP contribution in [0, 0.1) is 12.8 Å². The number of hydrogen-bond donors (Lipinski definition) is 3. The zero-order valence-corrected chi connectivity index (χ0v) is 13.0. The lowest BCUT2D eigenvalue weighted by Gasteiger charge is -2.21. The number of nitrogens with one attached hydrogen (secondary N) is 1. The Morgan fingerprint density at radius 2 is 2.05 bits per heavy atom. The molecule has 4 nitrogen and oxygen atoms in total. The largest absolute Gasteiger partial charge is 0.493 e. The van der Waals surface area contributed by atoms with E-state index in [9.17, 15) is 5.11 Å². The number of hydrogen-bond acceptors (Lipinski definition) is 4. The average Bonchev–Trinajstić information content (AvgIpc) is 2.41. The van der Waals surface area contributed by atoms with Crippen molar-refractivity contribution in [2.75, 3.05) is 20.2 Å². The third-order valence-electron chi connectivity index (χ3n) is 3.28. The summed E-state index contributed by atoms with van der Waals surface area (Å²) < 4.78 is 5.69. The Morgan fingerprint density at radius 3 is 2.60 bits per heavy atom. The minimum Gasteiger partial charge on any atom is -0.493 e. The van der Waals surface area contributed by atoms with Gasteiger partial charge >= 0.3 is 0 Å². The molecule has 1 aromatic rings. The number of aliphatic hydroxyl groups excluding tert-OH is 1. The van der Waals surface area contributed by atoms with Gasteiger partial charge < -0.3 is 20.9 Å². The summed E-state index contributed by atoms with van der Waals surface area (Å²) in [4.78, 5) is 0. The maximum atomic E-state index is 10.3. The summed E-state index contributed by atoms with van der Waals surface area (Å²) >= 11 is 0. The number of rotatable bonds is 8. The molecule has 0 spiro atoms. The molecule has 114 valence electrons.